The van der Waals surface area contributed by atoms with E-state index in [0.717, 1.165) is 34.7 Å². The maximum atomic E-state index is 6.02. The first-order valence-corrected chi connectivity index (χ1v) is 5.92. The maximum absolute atomic E-state index is 6.02. The molecule has 0 aliphatic heterocycles. The molecule has 74 valence electrons. The van der Waals surface area contributed by atoms with Gasteiger partial charge in [-0.1, -0.05) is 27.5 Å². The predicted octanol–water partition coefficient (Wildman–Crippen LogP) is 3.33. The van der Waals surface area contributed by atoms with Crippen LogP contribution in [0.3, 0.4) is 0 Å². The Labute approximate surface area is 92.4 Å². The first-order valence-electron chi connectivity index (χ1n) is 4.42. The summed E-state index contributed by atoms with van der Waals surface area (Å²) >= 11 is 9.42. The van der Waals surface area contributed by atoms with Crippen molar-refractivity contribution >= 4 is 27.5 Å². The number of unbranched alkanes of at least 4 members (excludes halogenated alkanes) is 1. The van der Waals surface area contributed by atoms with E-state index >= 15 is 0 Å². The summed E-state index contributed by atoms with van der Waals surface area (Å²) < 4.78 is 1.99. The van der Waals surface area contributed by atoms with Gasteiger partial charge in [-0.3, -0.25) is 4.68 Å². The topological polar surface area (TPSA) is 17.8 Å². The number of aryl methyl sites for hydroxylation is 2. The third kappa shape index (κ3) is 2.71. The molecule has 0 aromatic carbocycles. The smallest absolute Gasteiger partial charge is 0.0844 e. The zero-order chi connectivity index (χ0) is 9.84. The lowest BCUT2D eigenvalue weighted by molar-refractivity contribution is 0.558. The number of hydrogen-bond donors (Lipinski definition) is 0. The molecule has 2 nitrogen and oxygen atoms in total. The summed E-state index contributed by atoms with van der Waals surface area (Å²) in [5.41, 5.74) is 2.01. The van der Waals surface area contributed by atoms with Gasteiger partial charge in [-0.05, 0) is 26.7 Å². The lowest BCUT2D eigenvalue weighted by atomic mass is 10.3. The first-order chi connectivity index (χ1) is 6.16. The highest BCUT2D eigenvalue weighted by atomic mass is 79.9. The molecule has 0 atom stereocenters. The van der Waals surface area contributed by atoms with Crippen LogP contribution < -0.4 is 0 Å². The molecule has 1 aromatic heterocycles. The van der Waals surface area contributed by atoms with E-state index in [9.17, 15) is 0 Å². The van der Waals surface area contributed by atoms with Gasteiger partial charge in [0.2, 0.25) is 0 Å². The van der Waals surface area contributed by atoms with Crippen LogP contribution in [0.1, 0.15) is 24.2 Å². The summed E-state index contributed by atoms with van der Waals surface area (Å²) in [5.74, 6) is 0. The second-order valence-electron chi connectivity index (χ2n) is 3.10. The van der Waals surface area contributed by atoms with Crippen molar-refractivity contribution in [2.45, 2.75) is 33.2 Å². The molecule has 0 aliphatic rings. The van der Waals surface area contributed by atoms with E-state index in [1.54, 1.807) is 0 Å². The minimum Gasteiger partial charge on any atom is -0.268 e. The fraction of sp³-hybridized carbons (Fsp3) is 0.667. The van der Waals surface area contributed by atoms with Crippen molar-refractivity contribution in [1.29, 1.82) is 0 Å². The Hall–Kier alpha value is -0.0200. The van der Waals surface area contributed by atoms with Gasteiger partial charge >= 0.3 is 0 Å². The molecular weight excluding hydrogens is 251 g/mol. The van der Waals surface area contributed by atoms with Crippen LogP contribution in [-0.4, -0.2) is 15.1 Å². The molecule has 4 heteroatoms. The van der Waals surface area contributed by atoms with Gasteiger partial charge < -0.3 is 0 Å². The van der Waals surface area contributed by atoms with Crippen molar-refractivity contribution in [2.24, 2.45) is 0 Å². The maximum Gasteiger partial charge on any atom is 0.0844 e. The number of hydrogen-bond acceptors (Lipinski definition) is 1. The Morgan fingerprint density at radius 1 is 1.38 bits per heavy atom. The van der Waals surface area contributed by atoms with Crippen LogP contribution in [0, 0.1) is 13.8 Å². The molecule has 0 radical (unpaired) electrons. The summed E-state index contributed by atoms with van der Waals surface area (Å²) in [5, 5.41) is 6.21. The SMILES string of the molecule is Cc1nn(CCCCBr)c(C)c1Cl. The molecule has 1 rings (SSSR count). The van der Waals surface area contributed by atoms with Crippen molar-refractivity contribution in [3.63, 3.8) is 0 Å². The standard InChI is InChI=1S/C9H14BrClN2/c1-7-9(11)8(2)13(12-7)6-4-3-5-10/h3-6H2,1-2H3. The Morgan fingerprint density at radius 3 is 2.54 bits per heavy atom. The highest BCUT2D eigenvalue weighted by molar-refractivity contribution is 9.09. The largest absolute Gasteiger partial charge is 0.268 e. The zero-order valence-electron chi connectivity index (χ0n) is 7.98. The summed E-state index contributed by atoms with van der Waals surface area (Å²) in [4.78, 5) is 0. The average molecular weight is 266 g/mol. The minimum absolute atomic E-state index is 0.804. The molecule has 0 unspecified atom stereocenters. The first kappa shape index (κ1) is 11.1. The van der Waals surface area contributed by atoms with Gasteiger partial charge in [0.1, 0.15) is 0 Å². The van der Waals surface area contributed by atoms with Crippen LogP contribution in [0.4, 0.5) is 0 Å². The van der Waals surface area contributed by atoms with E-state index in [-0.39, 0.29) is 0 Å². The second-order valence-corrected chi connectivity index (χ2v) is 4.27. The van der Waals surface area contributed by atoms with Gasteiger partial charge in [-0.25, -0.2) is 0 Å². The van der Waals surface area contributed by atoms with Crippen molar-refractivity contribution in [3.05, 3.63) is 16.4 Å². The Kier molecular flexibility index (Phi) is 4.26. The number of aromatic nitrogens is 2. The van der Waals surface area contributed by atoms with E-state index in [1.165, 1.54) is 6.42 Å². The lowest BCUT2D eigenvalue weighted by Gasteiger charge is -2.02. The van der Waals surface area contributed by atoms with Gasteiger partial charge in [0.25, 0.3) is 0 Å². The van der Waals surface area contributed by atoms with E-state index in [4.69, 9.17) is 11.6 Å². The van der Waals surface area contributed by atoms with E-state index in [0.29, 0.717) is 0 Å². The van der Waals surface area contributed by atoms with Gasteiger partial charge in [-0.15, -0.1) is 0 Å². The third-order valence-corrected chi connectivity index (χ3v) is 3.15. The highest BCUT2D eigenvalue weighted by Crippen LogP contribution is 2.19. The van der Waals surface area contributed by atoms with Gasteiger partial charge in [0, 0.05) is 11.9 Å². The highest BCUT2D eigenvalue weighted by Gasteiger charge is 2.07. The predicted molar refractivity (Wildman–Crippen MR) is 59.7 cm³/mol. The monoisotopic (exact) mass is 264 g/mol. The van der Waals surface area contributed by atoms with Crippen molar-refractivity contribution in [1.82, 2.24) is 9.78 Å². The molecule has 0 N–H and O–H groups in total. The van der Waals surface area contributed by atoms with E-state index in [1.807, 2.05) is 18.5 Å². The minimum atomic E-state index is 0.804. The van der Waals surface area contributed by atoms with Crippen molar-refractivity contribution < 1.29 is 0 Å². The third-order valence-electron chi connectivity index (χ3n) is 2.05. The summed E-state index contributed by atoms with van der Waals surface area (Å²) in [7, 11) is 0. The molecule has 0 bridgehead atoms. The Balaban J connectivity index is 2.61. The van der Waals surface area contributed by atoms with Crippen molar-refractivity contribution in [2.75, 3.05) is 5.33 Å². The molecule has 1 heterocycles. The fourth-order valence-corrected chi connectivity index (χ4v) is 1.78. The molecule has 0 amide bonds. The second kappa shape index (κ2) is 5.01. The quantitative estimate of drug-likeness (QED) is 0.603. The summed E-state index contributed by atoms with van der Waals surface area (Å²) in [6.45, 7) is 4.91. The number of nitrogens with zero attached hydrogens (tertiary/aromatic N) is 2. The molecule has 13 heavy (non-hydrogen) atoms. The van der Waals surface area contributed by atoms with Gasteiger partial charge in [-0.2, -0.15) is 5.10 Å². The Bertz CT molecular complexity index is 283. The molecule has 0 aliphatic carbocycles. The van der Waals surface area contributed by atoms with E-state index < -0.39 is 0 Å². The average Bonchev–Trinajstić information content (AvgIpc) is 2.34. The van der Waals surface area contributed by atoms with Crippen LogP contribution in [0.25, 0.3) is 0 Å². The molecule has 0 spiro atoms. The number of halogens is 2. The molecule has 0 saturated carbocycles. The zero-order valence-corrected chi connectivity index (χ0v) is 10.3. The fourth-order valence-electron chi connectivity index (χ4n) is 1.25. The molecule has 0 saturated heterocycles. The van der Waals surface area contributed by atoms with Crippen LogP contribution in [0.2, 0.25) is 5.02 Å². The van der Waals surface area contributed by atoms with Crippen LogP contribution in [0.5, 0.6) is 0 Å². The normalized spacial score (nSPS) is 10.8. The van der Waals surface area contributed by atoms with Crippen LogP contribution in [0.15, 0.2) is 0 Å². The molecule has 1 aromatic rings. The number of alkyl halides is 1. The summed E-state index contributed by atoms with van der Waals surface area (Å²) in [6, 6.07) is 0. The van der Waals surface area contributed by atoms with Crippen LogP contribution in [-0.2, 0) is 6.54 Å². The molecular formula is C9H14BrClN2. The van der Waals surface area contributed by atoms with Crippen molar-refractivity contribution in [3.8, 4) is 0 Å². The van der Waals surface area contributed by atoms with Crippen LogP contribution >= 0.6 is 27.5 Å². The van der Waals surface area contributed by atoms with Gasteiger partial charge in [0.15, 0.2) is 0 Å². The summed E-state index contributed by atoms with van der Waals surface area (Å²) in [6.07, 6.45) is 2.32. The number of rotatable bonds is 4. The Morgan fingerprint density at radius 2 is 2.08 bits per heavy atom. The van der Waals surface area contributed by atoms with Gasteiger partial charge in [0.05, 0.1) is 16.4 Å². The molecule has 0 fully saturated rings. The lowest BCUT2D eigenvalue weighted by Crippen LogP contribution is -2.02. The van der Waals surface area contributed by atoms with E-state index in [2.05, 4.69) is 21.0 Å².